The number of nitrogen functional groups attached to an aromatic ring is 1. The van der Waals surface area contributed by atoms with Crippen LogP contribution >= 0.6 is 0 Å². The second-order valence-corrected chi connectivity index (χ2v) is 6.21. The molecule has 0 saturated heterocycles. The van der Waals surface area contributed by atoms with Crippen molar-refractivity contribution in [2.24, 2.45) is 0 Å². The normalized spacial score (nSPS) is 11.4. The Bertz CT molecular complexity index is 602. The first kappa shape index (κ1) is 17.2. The van der Waals surface area contributed by atoms with E-state index >= 15 is 0 Å². The Morgan fingerprint density at radius 1 is 1.04 bits per heavy atom. The van der Waals surface area contributed by atoms with Gasteiger partial charge >= 0.3 is 0 Å². The highest BCUT2D eigenvalue weighted by Crippen LogP contribution is 2.20. The summed E-state index contributed by atoms with van der Waals surface area (Å²) in [5.74, 6) is 1.06. The SMILES string of the molecule is CC(C)N(CCNc1cc(-c2ccccc2)nc(N)n1)C(C)C. The van der Waals surface area contributed by atoms with Gasteiger partial charge in [0.25, 0.3) is 0 Å². The van der Waals surface area contributed by atoms with Gasteiger partial charge in [-0.15, -0.1) is 0 Å². The van der Waals surface area contributed by atoms with Crippen molar-refractivity contribution in [2.45, 2.75) is 39.8 Å². The van der Waals surface area contributed by atoms with Crippen molar-refractivity contribution in [2.75, 3.05) is 24.1 Å². The molecule has 0 saturated carbocycles. The average molecular weight is 313 g/mol. The zero-order valence-corrected chi connectivity index (χ0v) is 14.5. The molecule has 0 bridgehead atoms. The van der Waals surface area contributed by atoms with E-state index in [0.29, 0.717) is 18.0 Å². The summed E-state index contributed by atoms with van der Waals surface area (Å²) in [5.41, 5.74) is 7.73. The molecule has 1 aromatic carbocycles. The van der Waals surface area contributed by atoms with Gasteiger partial charge < -0.3 is 11.1 Å². The van der Waals surface area contributed by atoms with Crippen molar-refractivity contribution in [3.63, 3.8) is 0 Å². The van der Waals surface area contributed by atoms with Crippen LogP contribution in [0.2, 0.25) is 0 Å². The molecule has 5 heteroatoms. The lowest BCUT2D eigenvalue weighted by atomic mass is 10.1. The fraction of sp³-hybridized carbons (Fsp3) is 0.444. The minimum Gasteiger partial charge on any atom is -0.369 e. The topological polar surface area (TPSA) is 67.1 Å². The maximum absolute atomic E-state index is 5.85. The summed E-state index contributed by atoms with van der Waals surface area (Å²) in [5, 5.41) is 3.36. The average Bonchev–Trinajstić information content (AvgIpc) is 2.51. The molecule has 3 N–H and O–H groups in total. The van der Waals surface area contributed by atoms with Crippen LogP contribution in [0.15, 0.2) is 36.4 Å². The van der Waals surface area contributed by atoms with Crippen LogP contribution in [0.25, 0.3) is 11.3 Å². The first-order valence-corrected chi connectivity index (χ1v) is 8.17. The highest BCUT2D eigenvalue weighted by molar-refractivity contribution is 5.63. The number of benzene rings is 1. The molecule has 0 unspecified atom stereocenters. The van der Waals surface area contributed by atoms with Crippen LogP contribution < -0.4 is 11.1 Å². The van der Waals surface area contributed by atoms with Gasteiger partial charge in [-0.1, -0.05) is 30.3 Å². The van der Waals surface area contributed by atoms with E-state index in [-0.39, 0.29) is 0 Å². The lowest BCUT2D eigenvalue weighted by Crippen LogP contribution is -2.40. The van der Waals surface area contributed by atoms with Crippen LogP contribution in [-0.2, 0) is 0 Å². The Morgan fingerprint density at radius 2 is 1.70 bits per heavy atom. The lowest BCUT2D eigenvalue weighted by molar-refractivity contribution is 0.182. The van der Waals surface area contributed by atoms with Gasteiger partial charge in [-0.25, -0.2) is 4.98 Å². The van der Waals surface area contributed by atoms with Gasteiger partial charge in [-0.2, -0.15) is 4.98 Å². The first-order chi connectivity index (χ1) is 11.0. The van der Waals surface area contributed by atoms with E-state index in [9.17, 15) is 0 Å². The molecule has 1 aromatic heterocycles. The number of hydrogen-bond donors (Lipinski definition) is 2. The maximum atomic E-state index is 5.85. The number of nitrogens with two attached hydrogens (primary N) is 1. The summed E-state index contributed by atoms with van der Waals surface area (Å²) in [6, 6.07) is 13.0. The third kappa shape index (κ3) is 4.93. The summed E-state index contributed by atoms with van der Waals surface area (Å²) in [6.45, 7) is 10.7. The molecule has 0 fully saturated rings. The van der Waals surface area contributed by atoms with Gasteiger partial charge in [0.1, 0.15) is 5.82 Å². The predicted octanol–water partition coefficient (Wildman–Crippen LogP) is 3.26. The highest BCUT2D eigenvalue weighted by Gasteiger charge is 2.12. The molecule has 2 rings (SSSR count). The zero-order chi connectivity index (χ0) is 16.8. The molecule has 23 heavy (non-hydrogen) atoms. The second kappa shape index (κ2) is 7.92. The molecule has 5 nitrogen and oxygen atoms in total. The number of nitrogens with zero attached hydrogens (tertiary/aromatic N) is 3. The fourth-order valence-corrected chi connectivity index (χ4v) is 2.74. The van der Waals surface area contributed by atoms with E-state index in [0.717, 1.165) is 30.2 Å². The molecule has 2 aromatic rings. The Balaban J connectivity index is 2.05. The van der Waals surface area contributed by atoms with Crippen LogP contribution in [-0.4, -0.2) is 40.0 Å². The molecule has 1 heterocycles. The lowest BCUT2D eigenvalue weighted by Gasteiger charge is -2.30. The van der Waals surface area contributed by atoms with Crippen LogP contribution in [0.4, 0.5) is 11.8 Å². The zero-order valence-electron chi connectivity index (χ0n) is 14.5. The van der Waals surface area contributed by atoms with Gasteiger partial charge in [0.05, 0.1) is 5.69 Å². The molecule has 0 amide bonds. The number of nitrogens with one attached hydrogen (secondary N) is 1. The summed E-state index contributed by atoms with van der Waals surface area (Å²) >= 11 is 0. The van der Waals surface area contributed by atoms with Gasteiger partial charge in [-0.3, -0.25) is 4.90 Å². The maximum Gasteiger partial charge on any atom is 0.222 e. The minimum atomic E-state index is 0.290. The van der Waals surface area contributed by atoms with Gasteiger partial charge in [0.15, 0.2) is 0 Å². The molecule has 0 aliphatic rings. The minimum absolute atomic E-state index is 0.290. The van der Waals surface area contributed by atoms with E-state index in [1.165, 1.54) is 0 Å². The Labute approximate surface area is 138 Å². The van der Waals surface area contributed by atoms with Crippen molar-refractivity contribution in [3.8, 4) is 11.3 Å². The van der Waals surface area contributed by atoms with Gasteiger partial charge in [0.2, 0.25) is 5.95 Å². The standard InChI is InChI=1S/C18H27N5/c1-13(2)23(14(3)4)11-10-20-17-12-16(21-18(19)22-17)15-8-6-5-7-9-15/h5-9,12-14H,10-11H2,1-4H3,(H3,19,20,21,22). The highest BCUT2D eigenvalue weighted by atomic mass is 15.2. The predicted molar refractivity (Wildman–Crippen MR) is 97.3 cm³/mol. The second-order valence-electron chi connectivity index (χ2n) is 6.21. The molecule has 0 spiro atoms. The summed E-state index contributed by atoms with van der Waals surface area (Å²) in [6.07, 6.45) is 0. The van der Waals surface area contributed by atoms with Gasteiger partial charge in [-0.05, 0) is 27.7 Å². The summed E-state index contributed by atoms with van der Waals surface area (Å²) in [4.78, 5) is 11.0. The smallest absolute Gasteiger partial charge is 0.222 e. The van der Waals surface area contributed by atoms with Crippen LogP contribution in [0.3, 0.4) is 0 Å². The fourth-order valence-electron chi connectivity index (χ4n) is 2.74. The van der Waals surface area contributed by atoms with Gasteiger partial charge in [0, 0.05) is 36.8 Å². The Kier molecular flexibility index (Phi) is 5.93. The van der Waals surface area contributed by atoms with Crippen molar-refractivity contribution in [1.82, 2.24) is 14.9 Å². The number of hydrogen-bond acceptors (Lipinski definition) is 5. The van der Waals surface area contributed by atoms with Crippen molar-refractivity contribution >= 4 is 11.8 Å². The largest absolute Gasteiger partial charge is 0.369 e. The number of aromatic nitrogens is 2. The first-order valence-electron chi connectivity index (χ1n) is 8.17. The Morgan fingerprint density at radius 3 is 2.30 bits per heavy atom. The van der Waals surface area contributed by atoms with E-state index < -0.39 is 0 Å². The monoisotopic (exact) mass is 313 g/mol. The summed E-state index contributed by atoms with van der Waals surface area (Å²) < 4.78 is 0. The number of anilines is 2. The molecule has 124 valence electrons. The third-order valence-corrected chi connectivity index (χ3v) is 3.82. The molecule has 0 aliphatic heterocycles. The Hall–Kier alpha value is -2.14. The quantitative estimate of drug-likeness (QED) is 0.821. The third-order valence-electron chi connectivity index (χ3n) is 3.82. The van der Waals surface area contributed by atoms with Crippen LogP contribution in [0, 0.1) is 0 Å². The van der Waals surface area contributed by atoms with Crippen molar-refractivity contribution in [1.29, 1.82) is 0 Å². The molecule has 0 aliphatic carbocycles. The molecule has 0 radical (unpaired) electrons. The number of rotatable bonds is 7. The van der Waals surface area contributed by atoms with Crippen LogP contribution in [0.5, 0.6) is 0 Å². The van der Waals surface area contributed by atoms with E-state index in [2.05, 4.69) is 47.9 Å². The molecular weight excluding hydrogens is 286 g/mol. The van der Waals surface area contributed by atoms with E-state index in [1.807, 2.05) is 36.4 Å². The van der Waals surface area contributed by atoms with E-state index in [4.69, 9.17) is 5.73 Å². The summed E-state index contributed by atoms with van der Waals surface area (Å²) in [7, 11) is 0. The van der Waals surface area contributed by atoms with Crippen molar-refractivity contribution < 1.29 is 0 Å². The molecule has 0 atom stereocenters. The molecular formula is C18H27N5. The van der Waals surface area contributed by atoms with Crippen molar-refractivity contribution in [3.05, 3.63) is 36.4 Å². The van der Waals surface area contributed by atoms with Crippen LogP contribution in [0.1, 0.15) is 27.7 Å². The van der Waals surface area contributed by atoms with E-state index in [1.54, 1.807) is 0 Å².